The van der Waals surface area contributed by atoms with E-state index in [-0.39, 0.29) is 5.82 Å². The summed E-state index contributed by atoms with van der Waals surface area (Å²) in [4.78, 5) is 2.20. The zero-order chi connectivity index (χ0) is 12.3. The molecule has 1 aliphatic rings. The SMILES string of the molecule is CN(Cc1cc(C#N)ccc1F)C1CCCC1. The molecule has 0 unspecified atom stereocenters. The van der Waals surface area contributed by atoms with Crippen molar-refractivity contribution in [2.75, 3.05) is 7.05 Å². The lowest BCUT2D eigenvalue weighted by Gasteiger charge is -2.24. The maximum atomic E-state index is 13.6. The third-order valence-corrected chi connectivity index (χ3v) is 3.54. The maximum Gasteiger partial charge on any atom is 0.127 e. The molecule has 1 aliphatic carbocycles. The largest absolute Gasteiger partial charge is 0.299 e. The van der Waals surface area contributed by atoms with Gasteiger partial charge in [0.05, 0.1) is 11.6 Å². The third-order valence-electron chi connectivity index (χ3n) is 3.54. The number of hydrogen-bond donors (Lipinski definition) is 0. The molecule has 0 aromatic heterocycles. The van der Waals surface area contributed by atoms with Crippen LogP contribution >= 0.6 is 0 Å². The van der Waals surface area contributed by atoms with E-state index < -0.39 is 0 Å². The van der Waals surface area contributed by atoms with Gasteiger partial charge in [0.2, 0.25) is 0 Å². The summed E-state index contributed by atoms with van der Waals surface area (Å²) in [6, 6.07) is 7.18. The Morgan fingerprint density at radius 1 is 1.41 bits per heavy atom. The number of hydrogen-bond acceptors (Lipinski definition) is 2. The lowest BCUT2D eigenvalue weighted by Crippen LogP contribution is -2.28. The van der Waals surface area contributed by atoms with Crippen molar-refractivity contribution in [3.8, 4) is 6.07 Å². The van der Waals surface area contributed by atoms with E-state index in [1.807, 2.05) is 7.05 Å². The van der Waals surface area contributed by atoms with E-state index >= 15 is 0 Å². The molecule has 1 saturated carbocycles. The molecule has 2 nitrogen and oxygen atoms in total. The van der Waals surface area contributed by atoms with E-state index in [9.17, 15) is 4.39 Å². The van der Waals surface area contributed by atoms with Crippen LogP contribution in [0, 0.1) is 17.1 Å². The van der Waals surface area contributed by atoms with Gasteiger partial charge in [-0.2, -0.15) is 5.26 Å². The van der Waals surface area contributed by atoms with Gasteiger partial charge in [0, 0.05) is 18.2 Å². The lowest BCUT2D eigenvalue weighted by molar-refractivity contribution is 0.234. The number of halogens is 1. The highest BCUT2D eigenvalue weighted by atomic mass is 19.1. The highest BCUT2D eigenvalue weighted by Crippen LogP contribution is 2.24. The van der Waals surface area contributed by atoms with Crippen molar-refractivity contribution in [1.29, 1.82) is 5.26 Å². The van der Waals surface area contributed by atoms with Crippen molar-refractivity contribution < 1.29 is 4.39 Å². The van der Waals surface area contributed by atoms with Crippen LogP contribution in [0.3, 0.4) is 0 Å². The standard InChI is InChI=1S/C14H17FN2/c1-17(13-4-2-3-5-13)10-12-8-11(9-16)6-7-14(12)15/h6-8,13H,2-5,10H2,1H3. The topological polar surface area (TPSA) is 27.0 Å². The highest BCUT2D eigenvalue weighted by Gasteiger charge is 2.20. The van der Waals surface area contributed by atoms with Crippen molar-refractivity contribution in [3.63, 3.8) is 0 Å². The molecule has 17 heavy (non-hydrogen) atoms. The zero-order valence-corrected chi connectivity index (χ0v) is 10.1. The first-order valence-electron chi connectivity index (χ1n) is 6.09. The second kappa shape index (κ2) is 5.29. The molecule has 0 aliphatic heterocycles. The van der Waals surface area contributed by atoms with Crippen LogP contribution in [0.1, 0.15) is 36.8 Å². The van der Waals surface area contributed by atoms with E-state index in [1.54, 1.807) is 6.07 Å². The minimum Gasteiger partial charge on any atom is -0.299 e. The van der Waals surface area contributed by atoms with Crippen LogP contribution < -0.4 is 0 Å². The third kappa shape index (κ3) is 2.83. The van der Waals surface area contributed by atoms with Gasteiger partial charge in [-0.3, -0.25) is 4.90 Å². The van der Waals surface area contributed by atoms with E-state index in [2.05, 4.69) is 11.0 Å². The van der Waals surface area contributed by atoms with Gasteiger partial charge in [-0.05, 0) is 38.1 Å². The van der Waals surface area contributed by atoms with Crippen molar-refractivity contribution in [1.82, 2.24) is 4.90 Å². The Hall–Kier alpha value is -1.40. The molecule has 1 aromatic carbocycles. The normalized spacial score (nSPS) is 16.4. The molecule has 3 heteroatoms. The monoisotopic (exact) mass is 232 g/mol. The molecule has 1 fully saturated rings. The molecule has 1 aromatic rings. The summed E-state index contributed by atoms with van der Waals surface area (Å²) in [6.07, 6.45) is 4.96. The summed E-state index contributed by atoms with van der Waals surface area (Å²) in [7, 11) is 2.04. The second-order valence-electron chi connectivity index (χ2n) is 4.77. The molecular formula is C14H17FN2. The van der Waals surface area contributed by atoms with Gasteiger partial charge >= 0.3 is 0 Å². The molecule has 0 N–H and O–H groups in total. The maximum absolute atomic E-state index is 13.6. The van der Waals surface area contributed by atoms with Crippen LogP contribution in [0.15, 0.2) is 18.2 Å². The van der Waals surface area contributed by atoms with Crippen molar-refractivity contribution in [2.45, 2.75) is 38.3 Å². The highest BCUT2D eigenvalue weighted by molar-refractivity contribution is 5.33. The van der Waals surface area contributed by atoms with Crippen molar-refractivity contribution >= 4 is 0 Å². The molecule has 90 valence electrons. The molecule has 0 bridgehead atoms. The van der Waals surface area contributed by atoms with Gasteiger partial charge in [0.15, 0.2) is 0 Å². The Balaban J connectivity index is 2.09. The summed E-state index contributed by atoms with van der Waals surface area (Å²) >= 11 is 0. The summed E-state index contributed by atoms with van der Waals surface area (Å²) in [6.45, 7) is 0.589. The van der Waals surface area contributed by atoms with Gasteiger partial charge in [0.1, 0.15) is 5.82 Å². The predicted octanol–water partition coefficient (Wildman–Crippen LogP) is 3.07. The van der Waals surface area contributed by atoms with E-state index in [0.717, 1.165) is 0 Å². The van der Waals surface area contributed by atoms with Crippen LogP contribution in [0.5, 0.6) is 0 Å². The summed E-state index contributed by atoms with van der Waals surface area (Å²) in [5.41, 5.74) is 1.15. The first-order chi connectivity index (χ1) is 8.20. The molecule has 0 atom stereocenters. The van der Waals surface area contributed by atoms with Gasteiger partial charge in [-0.25, -0.2) is 4.39 Å². The Morgan fingerprint density at radius 3 is 2.76 bits per heavy atom. The van der Waals surface area contributed by atoms with Crippen molar-refractivity contribution in [3.05, 3.63) is 35.1 Å². The Labute approximate surface area is 102 Å². The van der Waals surface area contributed by atoms with E-state index in [0.29, 0.717) is 23.7 Å². The zero-order valence-electron chi connectivity index (χ0n) is 10.1. The Bertz CT molecular complexity index is 430. The smallest absolute Gasteiger partial charge is 0.127 e. The number of rotatable bonds is 3. The predicted molar refractivity (Wildman–Crippen MR) is 64.8 cm³/mol. The average molecular weight is 232 g/mol. The van der Waals surface area contributed by atoms with Gasteiger partial charge in [-0.1, -0.05) is 12.8 Å². The molecule has 0 saturated heterocycles. The number of benzene rings is 1. The van der Waals surface area contributed by atoms with Gasteiger partial charge in [0.25, 0.3) is 0 Å². The molecule has 0 heterocycles. The van der Waals surface area contributed by atoms with Gasteiger partial charge < -0.3 is 0 Å². The molecule has 0 spiro atoms. The second-order valence-corrected chi connectivity index (χ2v) is 4.77. The number of nitrogens with zero attached hydrogens (tertiary/aromatic N) is 2. The quantitative estimate of drug-likeness (QED) is 0.800. The minimum absolute atomic E-state index is 0.214. The van der Waals surface area contributed by atoms with Crippen molar-refractivity contribution in [2.24, 2.45) is 0 Å². The number of nitriles is 1. The lowest BCUT2D eigenvalue weighted by atomic mass is 10.1. The molecule has 0 amide bonds. The first kappa shape index (κ1) is 12.1. The van der Waals surface area contributed by atoms with E-state index in [4.69, 9.17) is 5.26 Å². The summed E-state index contributed by atoms with van der Waals surface area (Å²) < 4.78 is 13.6. The fraction of sp³-hybridized carbons (Fsp3) is 0.500. The van der Waals surface area contributed by atoms with Gasteiger partial charge in [-0.15, -0.1) is 0 Å². The van der Waals surface area contributed by atoms with Crippen LogP contribution in [-0.4, -0.2) is 18.0 Å². The summed E-state index contributed by atoms with van der Waals surface area (Å²) in [5.74, 6) is -0.214. The van der Waals surface area contributed by atoms with Crippen LogP contribution in [0.25, 0.3) is 0 Å². The van der Waals surface area contributed by atoms with E-state index in [1.165, 1.54) is 37.8 Å². The molecule has 0 radical (unpaired) electrons. The first-order valence-corrected chi connectivity index (χ1v) is 6.09. The molecular weight excluding hydrogens is 215 g/mol. The fourth-order valence-electron chi connectivity index (χ4n) is 2.51. The van der Waals surface area contributed by atoms with Crippen LogP contribution in [0.4, 0.5) is 4.39 Å². The molecule has 2 rings (SSSR count). The Kier molecular flexibility index (Phi) is 3.75. The minimum atomic E-state index is -0.214. The fourth-order valence-corrected chi connectivity index (χ4v) is 2.51. The Morgan fingerprint density at radius 2 is 2.12 bits per heavy atom. The summed E-state index contributed by atoms with van der Waals surface area (Å²) in [5, 5.41) is 8.81. The average Bonchev–Trinajstić information content (AvgIpc) is 2.85. The van der Waals surface area contributed by atoms with Crippen LogP contribution in [0.2, 0.25) is 0 Å². The van der Waals surface area contributed by atoms with Crippen LogP contribution in [-0.2, 0) is 6.54 Å².